The fourth-order valence-electron chi connectivity index (χ4n) is 2.43. The normalized spacial score (nSPS) is 20.9. The molecule has 1 N–H and O–H groups in total. The largest absolute Gasteiger partial charge is 0.314 e. The molecule has 18 heavy (non-hydrogen) atoms. The van der Waals surface area contributed by atoms with Gasteiger partial charge < -0.3 is 5.32 Å². The third kappa shape index (κ3) is 3.25. The molecule has 1 heterocycles. The molecular weight excluding hydrogens is 270 g/mol. The predicted octanol–water partition coefficient (Wildman–Crippen LogP) is 2.43. The second kappa shape index (κ2) is 5.59. The zero-order valence-corrected chi connectivity index (χ0v) is 12.0. The number of rotatable bonds is 3. The zero-order chi connectivity index (χ0) is 13.2. The Kier molecular flexibility index (Phi) is 4.30. The molecule has 0 aliphatic carbocycles. The fraction of sp³-hybridized carbons (Fsp3) is 0.538. The summed E-state index contributed by atoms with van der Waals surface area (Å²) in [6, 6.07) is 5.42. The van der Waals surface area contributed by atoms with Crippen LogP contribution in [0.5, 0.6) is 0 Å². The van der Waals surface area contributed by atoms with Crippen molar-refractivity contribution in [2.45, 2.75) is 36.6 Å². The molecule has 0 amide bonds. The summed E-state index contributed by atoms with van der Waals surface area (Å²) in [6.07, 6.45) is 5.38. The van der Waals surface area contributed by atoms with Crippen LogP contribution in [0.25, 0.3) is 0 Å². The number of hydrogen-bond donors (Lipinski definition) is 1. The molecule has 1 saturated heterocycles. The molecule has 0 spiro atoms. The van der Waals surface area contributed by atoms with Crippen LogP contribution in [0.3, 0.4) is 0 Å². The lowest BCUT2D eigenvalue weighted by Gasteiger charge is -2.24. The second-order valence-electron chi connectivity index (χ2n) is 4.84. The second-order valence-corrected chi connectivity index (χ2v) is 7.23. The first-order valence-corrected chi connectivity index (χ1v) is 8.46. The maximum absolute atomic E-state index is 11.8. The Labute approximate surface area is 113 Å². The number of halogens is 1. The van der Waals surface area contributed by atoms with Crippen LogP contribution >= 0.6 is 11.6 Å². The van der Waals surface area contributed by atoms with E-state index in [1.54, 1.807) is 18.2 Å². The van der Waals surface area contributed by atoms with Crippen LogP contribution in [0.1, 0.15) is 24.8 Å². The summed E-state index contributed by atoms with van der Waals surface area (Å²) in [6.45, 7) is 1.00. The van der Waals surface area contributed by atoms with Gasteiger partial charge in [0.25, 0.3) is 0 Å². The molecule has 1 aromatic rings. The Hall–Kier alpha value is -0.580. The third-order valence-electron chi connectivity index (χ3n) is 3.34. The molecule has 1 fully saturated rings. The van der Waals surface area contributed by atoms with E-state index < -0.39 is 9.84 Å². The molecule has 2 rings (SSSR count). The number of sulfone groups is 1. The van der Waals surface area contributed by atoms with Crippen molar-refractivity contribution in [3.8, 4) is 0 Å². The lowest BCUT2D eigenvalue weighted by molar-refractivity contribution is 0.398. The molecule has 1 aromatic carbocycles. The fourth-order valence-corrected chi connectivity index (χ4v) is 3.70. The van der Waals surface area contributed by atoms with Crippen molar-refractivity contribution in [3.05, 3.63) is 28.8 Å². The van der Waals surface area contributed by atoms with E-state index in [1.807, 2.05) is 0 Å². The van der Waals surface area contributed by atoms with Crippen LogP contribution in [0, 0.1) is 0 Å². The average Bonchev–Trinajstić information content (AvgIpc) is 2.32. The number of hydrogen-bond acceptors (Lipinski definition) is 3. The highest BCUT2D eigenvalue weighted by molar-refractivity contribution is 7.90. The van der Waals surface area contributed by atoms with Gasteiger partial charge in [-0.2, -0.15) is 0 Å². The molecule has 1 aliphatic heterocycles. The van der Waals surface area contributed by atoms with E-state index in [1.165, 1.54) is 19.1 Å². The van der Waals surface area contributed by atoms with Gasteiger partial charge in [0.1, 0.15) is 0 Å². The lowest BCUT2D eigenvalue weighted by Crippen LogP contribution is -2.36. The van der Waals surface area contributed by atoms with E-state index in [0.717, 1.165) is 18.5 Å². The van der Waals surface area contributed by atoms with E-state index in [4.69, 9.17) is 11.6 Å². The maximum atomic E-state index is 11.8. The van der Waals surface area contributed by atoms with Gasteiger partial charge in [-0.1, -0.05) is 24.1 Å². The van der Waals surface area contributed by atoms with Crippen molar-refractivity contribution in [2.24, 2.45) is 0 Å². The molecule has 0 bridgehead atoms. The van der Waals surface area contributed by atoms with E-state index in [9.17, 15) is 8.42 Å². The van der Waals surface area contributed by atoms with Gasteiger partial charge in [0.15, 0.2) is 9.84 Å². The van der Waals surface area contributed by atoms with Crippen molar-refractivity contribution in [1.29, 1.82) is 0 Å². The number of benzene rings is 1. The van der Waals surface area contributed by atoms with E-state index in [-0.39, 0.29) is 0 Å². The molecule has 0 aromatic heterocycles. The first-order chi connectivity index (χ1) is 8.48. The Morgan fingerprint density at radius 3 is 2.78 bits per heavy atom. The van der Waals surface area contributed by atoms with E-state index in [2.05, 4.69) is 5.32 Å². The van der Waals surface area contributed by atoms with Gasteiger partial charge in [-0.25, -0.2) is 8.42 Å². The van der Waals surface area contributed by atoms with Crippen molar-refractivity contribution in [3.63, 3.8) is 0 Å². The molecule has 1 unspecified atom stereocenters. The summed E-state index contributed by atoms with van der Waals surface area (Å²) >= 11 is 6.16. The number of nitrogens with one attached hydrogen (secondary N) is 1. The van der Waals surface area contributed by atoms with Gasteiger partial charge in [-0.05, 0) is 43.5 Å². The Morgan fingerprint density at radius 2 is 2.17 bits per heavy atom. The third-order valence-corrected chi connectivity index (χ3v) is 4.87. The van der Waals surface area contributed by atoms with Gasteiger partial charge in [0.2, 0.25) is 0 Å². The number of piperidine rings is 1. The summed E-state index contributed by atoms with van der Waals surface area (Å²) in [4.78, 5) is 0.363. The molecule has 0 radical (unpaired) electrons. The maximum Gasteiger partial charge on any atom is 0.175 e. The van der Waals surface area contributed by atoms with Crippen LogP contribution in [0.4, 0.5) is 0 Å². The average molecular weight is 288 g/mol. The molecule has 3 nitrogen and oxygen atoms in total. The highest BCUT2D eigenvalue weighted by atomic mass is 35.5. The minimum Gasteiger partial charge on any atom is -0.314 e. The first kappa shape index (κ1) is 13.8. The van der Waals surface area contributed by atoms with Crippen LogP contribution < -0.4 is 5.32 Å². The summed E-state index contributed by atoms with van der Waals surface area (Å²) < 4.78 is 23.5. The molecule has 100 valence electrons. The first-order valence-electron chi connectivity index (χ1n) is 6.19. The highest BCUT2D eigenvalue weighted by Crippen LogP contribution is 2.26. The molecule has 1 aliphatic rings. The van der Waals surface area contributed by atoms with Crippen molar-refractivity contribution < 1.29 is 8.42 Å². The van der Waals surface area contributed by atoms with Gasteiger partial charge in [-0.15, -0.1) is 0 Å². The summed E-state index contributed by atoms with van der Waals surface area (Å²) in [5, 5.41) is 3.97. The Bertz CT molecular complexity index is 522. The summed E-state index contributed by atoms with van der Waals surface area (Å²) in [7, 11) is -3.22. The van der Waals surface area contributed by atoms with Crippen LogP contribution in [0.15, 0.2) is 23.1 Å². The zero-order valence-electron chi connectivity index (χ0n) is 10.4. The van der Waals surface area contributed by atoms with Crippen LogP contribution in [-0.4, -0.2) is 27.3 Å². The van der Waals surface area contributed by atoms with Crippen molar-refractivity contribution >= 4 is 21.4 Å². The SMILES string of the molecule is CS(=O)(=O)c1cccc(Cl)c1CC1CCCCN1. The van der Waals surface area contributed by atoms with E-state index >= 15 is 0 Å². The molecule has 0 saturated carbocycles. The minimum atomic E-state index is -3.22. The van der Waals surface area contributed by atoms with Crippen LogP contribution in [0.2, 0.25) is 5.02 Å². The smallest absolute Gasteiger partial charge is 0.175 e. The monoisotopic (exact) mass is 287 g/mol. The highest BCUT2D eigenvalue weighted by Gasteiger charge is 2.20. The van der Waals surface area contributed by atoms with Gasteiger partial charge in [-0.3, -0.25) is 0 Å². The van der Waals surface area contributed by atoms with Gasteiger partial charge in [0.05, 0.1) is 4.90 Å². The minimum absolute atomic E-state index is 0.333. The Morgan fingerprint density at radius 1 is 1.39 bits per heavy atom. The van der Waals surface area contributed by atoms with Crippen molar-refractivity contribution in [1.82, 2.24) is 5.32 Å². The van der Waals surface area contributed by atoms with Gasteiger partial charge >= 0.3 is 0 Å². The van der Waals surface area contributed by atoms with Gasteiger partial charge in [0, 0.05) is 17.3 Å². The lowest BCUT2D eigenvalue weighted by atomic mass is 9.98. The summed E-state index contributed by atoms with van der Waals surface area (Å²) in [5.41, 5.74) is 0.751. The molecule has 5 heteroatoms. The van der Waals surface area contributed by atoms with Crippen LogP contribution in [-0.2, 0) is 16.3 Å². The molecule has 1 atom stereocenters. The molecular formula is C13H18ClNO2S. The Balaban J connectivity index is 2.31. The summed E-state index contributed by atoms with van der Waals surface area (Å²) in [5.74, 6) is 0. The van der Waals surface area contributed by atoms with Crippen molar-refractivity contribution in [2.75, 3.05) is 12.8 Å². The van der Waals surface area contributed by atoms with E-state index in [0.29, 0.717) is 22.4 Å². The topological polar surface area (TPSA) is 46.2 Å². The standard InChI is InChI=1S/C13H18ClNO2S/c1-18(16,17)13-7-4-6-12(14)11(13)9-10-5-2-3-8-15-10/h4,6-7,10,15H,2-3,5,8-9H2,1H3. The quantitative estimate of drug-likeness (QED) is 0.929. The predicted molar refractivity (Wildman–Crippen MR) is 73.9 cm³/mol.